The van der Waals surface area contributed by atoms with Gasteiger partial charge in [0, 0.05) is 58.9 Å². The first kappa shape index (κ1) is 18.5. The van der Waals surface area contributed by atoms with Crippen LogP contribution in [0.5, 0.6) is 5.75 Å². The third kappa shape index (κ3) is 3.72. The monoisotopic (exact) mass is 410 g/mol. The first-order valence-corrected chi connectivity index (χ1v) is 10.5. The van der Waals surface area contributed by atoms with E-state index in [-0.39, 0.29) is 12.0 Å². The van der Waals surface area contributed by atoms with Gasteiger partial charge >= 0.3 is 0 Å². The minimum Gasteiger partial charge on any atom is -0.491 e. The van der Waals surface area contributed by atoms with Gasteiger partial charge in [0.05, 0.1) is 6.10 Å². The summed E-state index contributed by atoms with van der Waals surface area (Å²) in [6, 6.07) is 13.3. The number of aromatic nitrogens is 1. The quantitative estimate of drug-likeness (QED) is 0.685. The van der Waals surface area contributed by atoms with Crippen molar-refractivity contribution >= 4 is 28.4 Å². The van der Waals surface area contributed by atoms with Gasteiger partial charge in [-0.2, -0.15) is 0 Å². The van der Waals surface area contributed by atoms with Gasteiger partial charge in [-0.15, -0.1) is 0 Å². The number of hydrogen-bond acceptors (Lipinski definition) is 3. The first-order valence-electron chi connectivity index (χ1n) is 10.1. The largest absolute Gasteiger partial charge is 0.491 e. The number of rotatable bonds is 4. The fourth-order valence-electron chi connectivity index (χ4n) is 4.20. The zero-order chi connectivity index (χ0) is 19.8. The lowest BCUT2D eigenvalue weighted by Crippen LogP contribution is -2.35. The Hall–Kier alpha value is -2.50. The molecular weight excluding hydrogens is 388 g/mol. The SMILES string of the molecule is O=C(c1ccc(OCC2CCCO2)cc1)N1CCc2[nH]c3ccc(Cl)cc3c2C1. The predicted molar refractivity (Wildman–Crippen MR) is 113 cm³/mol. The second-order valence-electron chi connectivity index (χ2n) is 7.72. The third-order valence-electron chi connectivity index (χ3n) is 5.79. The number of nitrogens with one attached hydrogen (secondary N) is 1. The van der Waals surface area contributed by atoms with Gasteiger partial charge in [-0.25, -0.2) is 0 Å². The molecule has 5 nitrogen and oxygen atoms in total. The van der Waals surface area contributed by atoms with Crippen LogP contribution >= 0.6 is 11.6 Å². The van der Waals surface area contributed by atoms with Gasteiger partial charge in [-0.05, 0) is 55.3 Å². The number of H-pyrrole nitrogens is 1. The summed E-state index contributed by atoms with van der Waals surface area (Å²) < 4.78 is 11.4. The normalized spacial score (nSPS) is 18.8. The van der Waals surface area contributed by atoms with E-state index < -0.39 is 0 Å². The molecule has 1 N–H and O–H groups in total. The van der Waals surface area contributed by atoms with Crippen molar-refractivity contribution in [3.63, 3.8) is 0 Å². The molecule has 1 aromatic heterocycles. The summed E-state index contributed by atoms with van der Waals surface area (Å²) in [4.78, 5) is 18.4. The van der Waals surface area contributed by atoms with Crippen LogP contribution in [-0.2, 0) is 17.7 Å². The van der Waals surface area contributed by atoms with Crippen LogP contribution in [0.15, 0.2) is 42.5 Å². The molecule has 2 aliphatic rings. The molecule has 1 saturated heterocycles. The summed E-state index contributed by atoms with van der Waals surface area (Å²) in [6.45, 7) is 2.67. The Morgan fingerprint density at radius 1 is 1.24 bits per heavy atom. The van der Waals surface area contributed by atoms with E-state index in [2.05, 4.69) is 4.98 Å². The molecule has 1 fully saturated rings. The molecule has 0 saturated carbocycles. The maximum absolute atomic E-state index is 13.0. The van der Waals surface area contributed by atoms with Crippen LogP contribution in [0.3, 0.4) is 0 Å². The van der Waals surface area contributed by atoms with Crippen LogP contribution in [0.4, 0.5) is 0 Å². The molecule has 0 radical (unpaired) electrons. The zero-order valence-electron chi connectivity index (χ0n) is 16.1. The lowest BCUT2D eigenvalue weighted by Gasteiger charge is -2.27. The van der Waals surface area contributed by atoms with Crippen LogP contribution in [0.25, 0.3) is 10.9 Å². The number of hydrogen-bond donors (Lipinski definition) is 1. The number of benzene rings is 2. The highest BCUT2D eigenvalue weighted by atomic mass is 35.5. The Kier molecular flexibility index (Phi) is 4.94. The van der Waals surface area contributed by atoms with Crippen molar-refractivity contribution in [3.05, 3.63) is 64.3 Å². The lowest BCUT2D eigenvalue weighted by atomic mass is 10.0. The number of aromatic amines is 1. The summed E-state index contributed by atoms with van der Waals surface area (Å²) in [6.07, 6.45) is 3.15. The highest BCUT2D eigenvalue weighted by Crippen LogP contribution is 2.30. The average molecular weight is 411 g/mol. The number of amides is 1. The molecule has 1 atom stereocenters. The smallest absolute Gasteiger partial charge is 0.254 e. The summed E-state index contributed by atoms with van der Waals surface area (Å²) in [5, 5.41) is 1.81. The summed E-state index contributed by atoms with van der Waals surface area (Å²) >= 11 is 6.18. The van der Waals surface area contributed by atoms with Gasteiger partial charge in [-0.1, -0.05) is 11.6 Å². The number of ether oxygens (including phenoxy) is 2. The highest BCUT2D eigenvalue weighted by Gasteiger charge is 2.25. The number of fused-ring (bicyclic) bond motifs is 3. The van der Waals surface area contributed by atoms with E-state index in [4.69, 9.17) is 21.1 Å². The van der Waals surface area contributed by atoms with Crippen LogP contribution in [0, 0.1) is 0 Å². The Labute approximate surface area is 174 Å². The Morgan fingerprint density at radius 2 is 2.10 bits per heavy atom. The first-order chi connectivity index (χ1) is 14.2. The average Bonchev–Trinajstić information content (AvgIpc) is 3.39. The fraction of sp³-hybridized carbons (Fsp3) is 0.348. The summed E-state index contributed by atoms with van der Waals surface area (Å²) in [7, 11) is 0. The topological polar surface area (TPSA) is 54.6 Å². The summed E-state index contributed by atoms with van der Waals surface area (Å²) in [5.41, 5.74) is 4.11. The van der Waals surface area contributed by atoms with Crippen molar-refractivity contribution in [2.45, 2.75) is 31.9 Å². The number of halogens is 1. The highest BCUT2D eigenvalue weighted by molar-refractivity contribution is 6.31. The molecule has 29 heavy (non-hydrogen) atoms. The fourth-order valence-corrected chi connectivity index (χ4v) is 4.37. The Balaban J connectivity index is 1.28. The lowest BCUT2D eigenvalue weighted by molar-refractivity contribution is 0.0678. The second kappa shape index (κ2) is 7.73. The van der Waals surface area contributed by atoms with Gasteiger partial charge in [0.1, 0.15) is 12.4 Å². The molecule has 3 heterocycles. The van der Waals surface area contributed by atoms with Crippen molar-refractivity contribution < 1.29 is 14.3 Å². The van der Waals surface area contributed by atoms with Crippen molar-refractivity contribution in [1.29, 1.82) is 0 Å². The van der Waals surface area contributed by atoms with E-state index in [1.807, 2.05) is 47.4 Å². The Bertz CT molecular complexity index is 1040. The van der Waals surface area contributed by atoms with E-state index >= 15 is 0 Å². The molecule has 3 aromatic rings. The molecule has 2 aromatic carbocycles. The molecule has 0 aliphatic carbocycles. The van der Waals surface area contributed by atoms with E-state index in [9.17, 15) is 4.79 Å². The second-order valence-corrected chi connectivity index (χ2v) is 8.16. The molecule has 5 rings (SSSR count). The minimum absolute atomic E-state index is 0.0395. The molecule has 0 bridgehead atoms. The van der Waals surface area contributed by atoms with Crippen LogP contribution in [0.2, 0.25) is 5.02 Å². The number of carbonyl (C=O) groups is 1. The zero-order valence-corrected chi connectivity index (χ0v) is 16.9. The summed E-state index contributed by atoms with van der Waals surface area (Å²) in [5.74, 6) is 0.807. The molecule has 150 valence electrons. The van der Waals surface area contributed by atoms with E-state index in [0.29, 0.717) is 30.3 Å². The van der Waals surface area contributed by atoms with Crippen LogP contribution < -0.4 is 4.74 Å². The van der Waals surface area contributed by atoms with E-state index in [1.165, 1.54) is 11.3 Å². The molecule has 2 aliphatic heterocycles. The Morgan fingerprint density at radius 3 is 2.90 bits per heavy atom. The van der Waals surface area contributed by atoms with Crippen molar-refractivity contribution in [3.8, 4) is 5.75 Å². The van der Waals surface area contributed by atoms with E-state index in [0.717, 1.165) is 42.5 Å². The van der Waals surface area contributed by atoms with Gasteiger partial charge in [0.25, 0.3) is 5.91 Å². The predicted octanol–water partition coefficient (Wildman–Crippen LogP) is 4.58. The maximum Gasteiger partial charge on any atom is 0.254 e. The number of nitrogens with zero attached hydrogens (tertiary/aromatic N) is 1. The third-order valence-corrected chi connectivity index (χ3v) is 6.02. The minimum atomic E-state index is 0.0395. The van der Waals surface area contributed by atoms with E-state index in [1.54, 1.807) is 0 Å². The van der Waals surface area contributed by atoms with Crippen molar-refractivity contribution in [2.24, 2.45) is 0 Å². The number of carbonyl (C=O) groups excluding carboxylic acids is 1. The molecule has 1 amide bonds. The van der Waals surface area contributed by atoms with Gasteiger partial charge in [0.2, 0.25) is 0 Å². The van der Waals surface area contributed by atoms with Gasteiger partial charge in [0.15, 0.2) is 0 Å². The van der Waals surface area contributed by atoms with Crippen LogP contribution in [0.1, 0.15) is 34.5 Å². The van der Waals surface area contributed by atoms with Gasteiger partial charge in [-0.3, -0.25) is 4.79 Å². The molecule has 6 heteroatoms. The van der Waals surface area contributed by atoms with Crippen LogP contribution in [-0.4, -0.2) is 41.7 Å². The van der Waals surface area contributed by atoms with Gasteiger partial charge < -0.3 is 19.4 Å². The molecule has 0 spiro atoms. The standard InChI is InChI=1S/C23H23ClN2O3/c24-16-5-8-21-19(12-16)20-13-26(10-9-22(20)25-21)23(27)15-3-6-17(7-4-15)29-14-18-2-1-11-28-18/h3-8,12,18,25H,1-2,9-11,13-14H2. The molecular formula is C23H23ClN2O3. The maximum atomic E-state index is 13.0. The van der Waals surface area contributed by atoms with Crippen molar-refractivity contribution in [1.82, 2.24) is 9.88 Å². The molecule has 1 unspecified atom stereocenters. The van der Waals surface area contributed by atoms with Crippen molar-refractivity contribution in [2.75, 3.05) is 19.8 Å².